The van der Waals surface area contributed by atoms with Crippen molar-refractivity contribution in [3.63, 3.8) is 0 Å². The molecule has 1 rings (SSSR count). The maximum Gasteiger partial charge on any atom is 0.226 e. The quantitative estimate of drug-likeness (QED) is 0.789. The molecule has 0 radical (unpaired) electrons. The van der Waals surface area contributed by atoms with Gasteiger partial charge >= 0.3 is 0 Å². The van der Waals surface area contributed by atoms with Crippen molar-refractivity contribution in [1.29, 1.82) is 0 Å². The number of benzene rings is 1. The lowest BCUT2D eigenvalue weighted by Crippen LogP contribution is -2.35. The van der Waals surface area contributed by atoms with Gasteiger partial charge in [0.05, 0.1) is 6.42 Å². The van der Waals surface area contributed by atoms with Crippen LogP contribution in [0.3, 0.4) is 0 Å². The molecule has 0 aliphatic rings. The van der Waals surface area contributed by atoms with Gasteiger partial charge in [0.1, 0.15) is 0 Å². The molecule has 88 valence electrons. The van der Waals surface area contributed by atoms with Gasteiger partial charge in [-0.2, -0.15) is 0 Å². The topological polar surface area (TPSA) is 46.3 Å². The van der Waals surface area contributed by atoms with Crippen LogP contribution >= 0.6 is 0 Å². The second kappa shape index (κ2) is 5.54. The van der Waals surface area contributed by atoms with Crippen LogP contribution in [0.5, 0.6) is 0 Å². The van der Waals surface area contributed by atoms with Crippen molar-refractivity contribution in [2.45, 2.75) is 32.7 Å². The van der Waals surface area contributed by atoms with Crippen LogP contribution in [0.4, 0.5) is 5.69 Å². The Bertz CT molecular complexity index is 363. The molecule has 3 heteroatoms. The average molecular weight is 220 g/mol. The minimum Gasteiger partial charge on any atom is -0.399 e. The maximum absolute atomic E-state index is 11.9. The fourth-order valence-electron chi connectivity index (χ4n) is 1.52. The first-order valence-electron chi connectivity index (χ1n) is 5.64. The first-order valence-corrected chi connectivity index (χ1v) is 5.64. The zero-order valence-corrected chi connectivity index (χ0v) is 10.2. The van der Waals surface area contributed by atoms with E-state index in [2.05, 4.69) is 13.8 Å². The largest absolute Gasteiger partial charge is 0.399 e. The molecule has 0 bridgehead atoms. The normalized spacial score (nSPS) is 12.2. The molecule has 1 aromatic rings. The second-order valence-corrected chi connectivity index (χ2v) is 4.18. The molecule has 0 aromatic heterocycles. The monoisotopic (exact) mass is 220 g/mol. The van der Waals surface area contributed by atoms with Gasteiger partial charge in [-0.1, -0.05) is 19.1 Å². The van der Waals surface area contributed by atoms with Crippen molar-refractivity contribution >= 4 is 11.6 Å². The number of carbonyl (C=O) groups excluding carboxylic acids is 1. The summed E-state index contributed by atoms with van der Waals surface area (Å²) in [7, 11) is 1.85. The summed E-state index contributed by atoms with van der Waals surface area (Å²) in [5.74, 6) is 0.139. The van der Waals surface area contributed by atoms with Crippen LogP contribution in [-0.4, -0.2) is 23.9 Å². The van der Waals surface area contributed by atoms with E-state index in [4.69, 9.17) is 5.73 Å². The van der Waals surface area contributed by atoms with Crippen molar-refractivity contribution < 1.29 is 4.79 Å². The van der Waals surface area contributed by atoms with Gasteiger partial charge in [0, 0.05) is 18.8 Å². The molecule has 2 N–H and O–H groups in total. The highest BCUT2D eigenvalue weighted by molar-refractivity contribution is 5.79. The standard InChI is InChI=1S/C13H20N2O/c1-4-10(2)15(3)13(16)9-11-6-5-7-12(14)8-11/h5-8,10H,4,9,14H2,1-3H3/t10-/m0/s1. The van der Waals surface area contributed by atoms with Gasteiger partial charge in [0.25, 0.3) is 0 Å². The Kier molecular flexibility index (Phi) is 4.35. The highest BCUT2D eigenvalue weighted by Crippen LogP contribution is 2.10. The van der Waals surface area contributed by atoms with Crippen molar-refractivity contribution in [3.05, 3.63) is 29.8 Å². The van der Waals surface area contributed by atoms with Crippen LogP contribution < -0.4 is 5.73 Å². The summed E-state index contributed by atoms with van der Waals surface area (Å²) in [4.78, 5) is 13.7. The summed E-state index contributed by atoms with van der Waals surface area (Å²) in [6.07, 6.45) is 1.39. The van der Waals surface area contributed by atoms with Crippen molar-refractivity contribution in [2.24, 2.45) is 0 Å². The summed E-state index contributed by atoms with van der Waals surface area (Å²) >= 11 is 0. The molecule has 3 nitrogen and oxygen atoms in total. The minimum absolute atomic E-state index is 0.139. The molecule has 0 saturated carbocycles. The molecule has 1 amide bonds. The highest BCUT2D eigenvalue weighted by Gasteiger charge is 2.14. The zero-order valence-electron chi connectivity index (χ0n) is 10.2. The number of carbonyl (C=O) groups is 1. The Morgan fingerprint density at radius 1 is 1.50 bits per heavy atom. The van der Waals surface area contributed by atoms with Gasteiger partial charge in [-0.25, -0.2) is 0 Å². The Morgan fingerprint density at radius 2 is 2.19 bits per heavy atom. The van der Waals surface area contributed by atoms with Gasteiger partial charge in [0.15, 0.2) is 0 Å². The molecule has 1 aromatic carbocycles. The molecule has 0 aliphatic heterocycles. The predicted octanol–water partition coefficient (Wildman–Crippen LogP) is 2.07. The lowest BCUT2D eigenvalue weighted by atomic mass is 10.1. The van der Waals surface area contributed by atoms with Gasteiger partial charge < -0.3 is 10.6 Å². The number of likely N-dealkylation sites (N-methyl/N-ethyl adjacent to an activating group) is 1. The SMILES string of the molecule is CC[C@H](C)N(C)C(=O)Cc1cccc(N)c1. The average Bonchev–Trinajstić information content (AvgIpc) is 2.27. The number of nitrogen functional groups attached to an aromatic ring is 1. The van der Waals surface area contributed by atoms with Crippen LogP contribution in [-0.2, 0) is 11.2 Å². The second-order valence-electron chi connectivity index (χ2n) is 4.18. The Labute approximate surface area is 97.2 Å². The molecule has 0 saturated heterocycles. The molecule has 1 atom stereocenters. The Morgan fingerprint density at radius 3 is 2.75 bits per heavy atom. The van der Waals surface area contributed by atoms with E-state index >= 15 is 0 Å². The van der Waals surface area contributed by atoms with Crippen molar-refractivity contribution in [1.82, 2.24) is 4.90 Å². The van der Waals surface area contributed by atoms with E-state index < -0.39 is 0 Å². The molecule has 0 aliphatic carbocycles. The summed E-state index contributed by atoms with van der Waals surface area (Å²) in [6.45, 7) is 4.13. The molecular weight excluding hydrogens is 200 g/mol. The summed E-state index contributed by atoms with van der Waals surface area (Å²) in [6, 6.07) is 7.77. The molecule has 0 spiro atoms. The third-order valence-electron chi connectivity index (χ3n) is 2.95. The molecule has 0 unspecified atom stereocenters. The fraction of sp³-hybridized carbons (Fsp3) is 0.462. The van der Waals surface area contributed by atoms with Crippen molar-refractivity contribution in [3.8, 4) is 0 Å². The molecular formula is C13H20N2O. The predicted molar refractivity (Wildman–Crippen MR) is 67.1 cm³/mol. The third kappa shape index (κ3) is 3.26. The number of hydrogen-bond donors (Lipinski definition) is 1. The number of nitrogens with two attached hydrogens (primary N) is 1. The lowest BCUT2D eigenvalue weighted by molar-refractivity contribution is -0.130. The Hall–Kier alpha value is -1.51. The third-order valence-corrected chi connectivity index (χ3v) is 2.95. The van der Waals surface area contributed by atoms with Crippen LogP contribution in [0.25, 0.3) is 0 Å². The van der Waals surface area contributed by atoms with Crippen LogP contribution in [0, 0.1) is 0 Å². The first-order chi connectivity index (χ1) is 7.54. The van der Waals surface area contributed by atoms with Gasteiger partial charge in [-0.05, 0) is 31.0 Å². The smallest absolute Gasteiger partial charge is 0.226 e. The minimum atomic E-state index is 0.139. The summed E-state index contributed by atoms with van der Waals surface area (Å²) in [5.41, 5.74) is 7.35. The van der Waals surface area contributed by atoms with Gasteiger partial charge in [-0.15, -0.1) is 0 Å². The highest BCUT2D eigenvalue weighted by atomic mass is 16.2. The van der Waals surface area contributed by atoms with E-state index in [9.17, 15) is 4.79 Å². The first kappa shape index (κ1) is 12.6. The van der Waals surface area contributed by atoms with E-state index in [0.717, 1.165) is 12.0 Å². The van der Waals surface area contributed by atoms with Crippen LogP contribution in [0.15, 0.2) is 24.3 Å². The van der Waals surface area contributed by atoms with Gasteiger partial charge in [0.2, 0.25) is 5.91 Å². The number of anilines is 1. The lowest BCUT2D eigenvalue weighted by Gasteiger charge is -2.23. The van der Waals surface area contributed by atoms with E-state index in [-0.39, 0.29) is 11.9 Å². The van der Waals surface area contributed by atoms with E-state index in [1.54, 1.807) is 4.90 Å². The maximum atomic E-state index is 11.9. The van der Waals surface area contributed by atoms with Gasteiger partial charge in [-0.3, -0.25) is 4.79 Å². The Balaban J connectivity index is 2.64. The summed E-state index contributed by atoms with van der Waals surface area (Å²) < 4.78 is 0. The van der Waals surface area contributed by atoms with E-state index in [1.807, 2.05) is 31.3 Å². The van der Waals surface area contributed by atoms with Crippen LogP contribution in [0.2, 0.25) is 0 Å². The van der Waals surface area contributed by atoms with Crippen LogP contribution in [0.1, 0.15) is 25.8 Å². The zero-order chi connectivity index (χ0) is 12.1. The number of rotatable bonds is 4. The molecule has 0 heterocycles. The molecule has 16 heavy (non-hydrogen) atoms. The number of hydrogen-bond acceptors (Lipinski definition) is 2. The number of amides is 1. The fourth-order valence-corrected chi connectivity index (χ4v) is 1.52. The van der Waals surface area contributed by atoms with E-state index in [1.165, 1.54) is 0 Å². The summed E-state index contributed by atoms with van der Waals surface area (Å²) in [5, 5.41) is 0. The molecule has 0 fully saturated rings. The van der Waals surface area contributed by atoms with E-state index in [0.29, 0.717) is 12.1 Å². The number of nitrogens with zero attached hydrogens (tertiary/aromatic N) is 1. The van der Waals surface area contributed by atoms with Crippen molar-refractivity contribution in [2.75, 3.05) is 12.8 Å².